The summed E-state index contributed by atoms with van der Waals surface area (Å²) in [6, 6.07) is 7.94. The van der Waals surface area contributed by atoms with Gasteiger partial charge >= 0.3 is 0 Å². The number of thioether (sulfide) groups is 1. The molecule has 2 heteroatoms. The Bertz CT molecular complexity index is 332. The summed E-state index contributed by atoms with van der Waals surface area (Å²) in [6.07, 6.45) is 2.08. The zero-order chi connectivity index (χ0) is 10.4. The van der Waals surface area contributed by atoms with Crippen molar-refractivity contribution in [3.05, 3.63) is 29.8 Å². The summed E-state index contributed by atoms with van der Waals surface area (Å²) in [5, 5.41) is 9.71. The van der Waals surface area contributed by atoms with Crippen molar-refractivity contribution in [3.63, 3.8) is 0 Å². The standard InChI is InChI=1S/C12H14OS/c1-3-4-5-12(13)10-6-8-11(14-2)9-7-10/h6-9,12-13H,5H2,1-2H3. The second-order valence-corrected chi connectivity index (χ2v) is 3.80. The molecule has 1 rings (SSSR count). The topological polar surface area (TPSA) is 20.2 Å². The van der Waals surface area contributed by atoms with Crippen molar-refractivity contribution in [2.75, 3.05) is 6.26 Å². The zero-order valence-electron chi connectivity index (χ0n) is 8.45. The first-order valence-electron chi connectivity index (χ1n) is 4.49. The van der Waals surface area contributed by atoms with Crippen LogP contribution in [0.25, 0.3) is 0 Å². The molecule has 0 aliphatic carbocycles. The lowest BCUT2D eigenvalue weighted by atomic mass is 10.1. The Kier molecular flexibility index (Phi) is 4.58. The maximum Gasteiger partial charge on any atom is 0.0899 e. The van der Waals surface area contributed by atoms with Crippen LogP contribution in [0.2, 0.25) is 0 Å². The highest BCUT2D eigenvalue weighted by Gasteiger charge is 2.04. The maximum atomic E-state index is 9.71. The molecule has 1 unspecified atom stereocenters. The summed E-state index contributed by atoms with van der Waals surface area (Å²) in [7, 11) is 0. The Morgan fingerprint density at radius 1 is 1.36 bits per heavy atom. The van der Waals surface area contributed by atoms with E-state index in [9.17, 15) is 5.11 Å². The van der Waals surface area contributed by atoms with E-state index in [0.29, 0.717) is 6.42 Å². The summed E-state index contributed by atoms with van der Waals surface area (Å²) in [4.78, 5) is 1.21. The van der Waals surface area contributed by atoms with Crippen LogP contribution in [0.5, 0.6) is 0 Å². The monoisotopic (exact) mass is 206 g/mol. The van der Waals surface area contributed by atoms with Crippen LogP contribution >= 0.6 is 11.8 Å². The highest BCUT2D eigenvalue weighted by atomic mass is 32.2. The minimum absolute atomic E-state index is 0.460. The van der Waals surface area contributed by atoms with E-state index < -0.39 is 6.10 Å². The predicted molar refractivity (Wildman–Crippen MR) is 61.2 cm³/mol. The Morgan fingerprint density at radius 2 is 2.00 bits per heavy atom. The fourth-order valence-electron chi connectivity index (χ4n) is 1.14. The van der Waals surface area contributed by atoms with Crippen LogP contribution in [-0.2, 0) is 0 Å². The molecule has 1 atom stereocenters. The smallest absolute Gasteiger partial charge is 0.0899 e. The molecular formula is C12H14OS. The molecule has 0 aliphatic rings. The van der Waals surface area contributed by atoms with E-state index in [2.05, 4.69) is 11.8 Å². The molecule has 0 saturated heterocycles. The van der Waals surface area contributed by atoms with Crippen LogP contribution in [0.15, 0.2) is 29.2 Å². The number of rotatable bonds is 3. The maximum absolute atomic E-state index is 9.71. The lowest BCUT2D eigenvalue weighted by Gasteiger charge is -2.07. The van der Waals surface area contributed by atoms with Gasteiger partial charge in [0.15, 0.2) is 0 Å². The van der Waals surface area contributed by atoms with Gasteiger partial charge in [-0.05, 0) is 30.9 Å². The van der Waals surface area contributed by atoms with Gasteiger partial charge in [-0.15, -0.1) is 23.6 Å². The molecule has 0 saturated carbocycles. The molecule has 0 amide bonds. The molecule has 0 radical (unpaired) electrons. The zero-order valence-corrected chi connectivity index (χ0v) is 9.27. The average Bonchev–Trinajstić information content (AvgIpc) is 2.26. The van der Waals surface area contributed by atoms with Crippen LogP contribution in [0, 0.1) is 11.8 Å². The van der Waals surface area contributed by atoms with E-state index in [-0.39, 0.29) is 0 Å². The third-order valence-corrected chi connectivity index (χ3v) is 2.72. The molecule has 74 valence electrons. The quantitative estimate of drug-likeness (QED) is 0.606. The van der Waals surface area contributed by atoms with Crippen LogP contribution in [0.4, 0.5) is 0 Å². The van der Waals surface area contributed by atoms with E-state index in [1.165, 1.54) is 4.90 Å². The fourth-order valence-corrected chi connectivity index (χ4v) is 1.55. The summed E-state index contributed by atoms with van der Waals surface area (Å²) in [5.41, 5.74) is 0.936. The largest absolute Gasteiger partial charge is 0.387 e. The van der Waals surface area contributed by atoms with Gasteiger partial charge < -0.3 is 5.11 Å². The van der Waals surface area contributed by atoms with Crippen LogP contribution in [0.3, 0.4) is 0 Å². The highest BCUT2D eigenvalue weighted by molar-refractivity contribution is 7.98. The van der Waals surface area contributed by atoms with E-state index in [0.717, 1.165) is 5.56 Å². The summed E-state index contributed by atoms with van der Waals surface area (Å²) in [5.74, 6) is 5.65. The molecule has 0 heterocycles. The fraction of sp³-hybridized carbons (Fsp3) is 0.333. The van der Waals surface area contributed by atoms with Gasteiger partial charge in [-0.2, -0.15) is 0 Å². The average molecular weight is 206 g/mol. The minimum atomic E-state index is -0.460. The van der Waals surface area contributed by atoms with Crippen molar-refractivity contribution in [1.29, 1.82) is 0 Å². The van der Waals surface area contributed by atoms with Crippen molar-refractivity contribution >= 4 is 11.8 Å². The Hall–Kier alpha value is -0.910. The van der Waals surface area contributed by atoms with Crippen LogP contribution in [0.1, 0.15) is 25.0 Å². The third kappa shape index (κ3) is 3.10. The molecule has 1 aromatic carbocycles. The number of aliphatic hydroxyl groups excluding tert-OH is 1. The van der Waals surface area contributed by atoms with E-state index in [4.69, 9.17) is 0 Å². The third-order valence-electron chi connectivity index (χ3n) is 1.97. The minimum Gasteiger partial charge on any atom is -0.387 e. The number of benzene rings is 1. The first-order chi connectivity index (χ1) is 6.77. The molecule has 0 fully saturated rings. The van der Waals surface area contributed by atoms with Crippen molar-refractivity contribution in [3.8, 4) is 11.8 Å². The van der Waals surface area contributed by atoms with Gasteiger partial charge in [-0.25, -0.2) is 0 Å². The van der Waals surface area contributed by atoms with Gasteiger partial charge in [0.05, 0.1) is 6.10 Å². The molecule has 1 nitrogen and oxygen atoms in total. The normalized spacial score (nSPS) is 11.6. The molecule has 0 aromatic heterocycles. The van der Waals surface area contributed by atoms with Gasteiger partial charge in [0.2, 0.25) is 0 Å². The van der Waals surface area contributed by atoms with Gasteiger partial charge in [0.25, 0.3) is 0 Å². The van der Waals surface area contributed by atoms with Gasteiger partial charge in [-0.3, -0.25) is 0 Å². The Labute approximate surface area is 89.5 Å². The SMILES string of the molecule is CC#CCC(O)c1ccc(SC)cc1. The van der Waals surface area contributed by atoms with Gasteiger partial charge in [0.1, 0.15) is 0 Å². The van der Waals surface area contributed by atoms with E-state index in [1.54, 1.807) is 18.7 Å². The lowest BCUT2D eigenvalue weighted by Crippen LogP contribution is -1.95. The lowest BCUT2D eigenvalue weighted by molar-refractivity contribution is 0.184. The summed E-state index contributed by atoms with van der Waals surface area (Å²) >= 11 is 1.70. The second-order valence-electron chi connectivity index (χ2n) is 2.92. The molecule has 1 N–H and O–H groups in total. The summed E-state index contributed by atoms with van der Waals surface area (Å²) in [6.45, 7) is 1.78. The molecular weight excluding hydrogens is 192 g/mol. The second kappa shape index (κ2) is 5.74. The van der Waals surface area contributed by atoms with Gasteiger partial charge in [0, 0.05) is 11.3 Å². The number of aliphatic hydroxyl groups is 1. The van der Waals surface area contributed by atoms with Gasteiger partial charge in [-0.1, -0.05) is 12.1 Å². The van der Waals surface area contributed by atoms with E-state index >= 15 is 0 Å². The van der Waals surface area contributed by atoms with Crippen molar-refractivity contribution in [2.24, 2.45) is 0 Å². The molecule has 0 bridgehead atoms. The van der Waals surface area contributed by atoms with E-state index in [1.807, 2.05) is 30.5 Å². The Balaban J connectivity index is 2.69. The molecule has 0 aliphatic heterocycles. The Morgan fingerprint density at radius 3 is 2.50 bits per heavy atom. The molecule has 1 aromatic rings. The first kappa shape index (κ1) is 11.2. The van der Waals surface area contributed by atoms with Crippen LogP contribution < -0.4 is 0 Å². The highest BCUT2D eigenvalue weighted by Crippen LogP contribution is 2.20. The molecule has 0 spiro atoms. The van der Waals surface area contributed by atoms with Crippen molar-refractivity contribution in [1.82, 2.24) is 0 Å². The predicted octanol–water partition coefficient (Wildman–Crippen LogP) is 2.86. The number of hydrogen-bond acceptors (Lipinski definition) is 2. The van der Waals surface area contributed by atoms with Crippen molar-refractivity contribution in [2.45, 2.75) is 24.3 Å². The van der Waals surface area contributed by atoms with Crippen LogP contribution in [-0.4, -0.2) is 11.4 Å². The van der Waals surface area contributed by atoms with Crippen molar-refractivity contribution < 1.29 is 5.11 Å². The first-order valence-corrected chi connectivity index (χ1v) is 5.72. The summed E-state index contributed by atoms with van der Waals surface area (Å²) < 4.78 is 0. The molecule has 14 heavy (non-hydrogen) atoms. The number of hydrogen-bond donors (Lipinski definition) is 1.